The van der Waals surface area contributed by atoms with E-state index in [9.17, 15) is 4.79 Å². The van der Waals surface area contributed by atoms with E-state index in [-0.39, 0.29) is 5.91 Å². The van der Waals surface area contributed by atoms with E-state index in [4.69, 9.17) is 12.2 Å². The zero-order valence-electron chi connectivity index (χ0n) is 8.58. The summed E-state index contributed by atoms with van der Waals surface area (Å²) in [5, 5.41) is 5.49. The number of thioether (sulfide) groups is 1. The van der Waals surface area contributed by atoms with Crippen LogP contribution in [0.25, 0.3) is 0 Å². The van der Waals surface area contributed by atoms with Gasteiger partial charge in [0.15, 0.2) is 4.32 Å². The monoisotopic (exact) mass is 251 g/mol. The first kappa shape index (κ1) is 11.2. The number of hydrazone groups is 1. The number of aromatic nitrogens is 1. The maximum absolute atomic E-state index is 11.4. The third-order valence-corrected chi connectivity index (χ3v) is 3.40. The fourth-order valence-electron chi connectivity index (χ4n) is 1.23. The number of rotatable bonds is 2. The molecule has 16 heavy (non-hydrogen) atoms. The summed E-state index contributed by atoms with van der Waals surface area (Å²) in [6, 6.07) is 3.72. The fourth-order valence-corrected chi connectivity index (χ4v) is 2.18. The molecule has 2 rings (SSSR count). The number of pyridine rings is 1. The van der Waals surface area contributed by atoms with Gasteiger partial charge in [-0.3, -0.25) is 9.78 Å². The van der Waals surface area contributed by atoms with Gasteiger partial charge in [-0.05, 0) is 13.0 Å². The molecule has 1 saturated heterocycles. The molecule has 1 aliphatic rings. The topological polar surface area (TPSA) is 45.6 Å². The molecule has 1 aromatic rings. The van der Waals surface area contributed by atoms with E-state index in [1.54, 1.807) is 12.4 Å². The van der Waals surface area contributed by atoms with Crippen LogP contribution < -0.4 is 0 Å². The molecule has 82 valence electrons. The molecule has 2 heterocycles. The molecule has 0 saturated carbocycles. The van der Waals surface area contributed by atoms with E-state index in [1.165, 1.54) is 16.8 Å². The van der Waals surface area contributed by atoms with Crippen molar-refractivity contribution in [3.63, 3.8) is 0 Å². The number of carbonyl (C=O) groups excluding carboxylic acids is 1. The summed E-state index contributed by atoms with van der Waals surface area (Å²) < 4.78 is 0.508. The molecule has 0 radical (unpaired) electrons. The fraction of sp³-hybridized carbons (Fsp3) is 0.200. The van der Waals surface area contributed by atoms with Gasteiger partial charge in [0.25, 0.3) is 5.91 Å². The number of thiocarbonyl (C=S) groups is 1. The standard InChI is InChI=1S/C10H9N3OS2/c1-7(8-3-2-4-11-5-8)12-13-9(14)6-16-10(13)15/h2-5H,6H2,1H3/b12-7-. The van der Waals surface area contributed by atoms with Crippen LogP contribution in [-0.4, -0.2) is 31.7 Å². The van der Waals surface area contributed by atoms with Crippen molar-refractivity contribution in [3.8, 4) is 0 Å². The van der Waals surface area contributed by atoms with Crippen molar-refractivity contribution in [2.24, 2.45) is 5.10 Å². The summed E-state index contributed by atoms with van der Waals surface area (Å²) in [5.41, 5.74) is 1.61. The molecular weight excluding hydrogens is 242 g/mol. The maximum Gasteiger partial charge on any atom is 0.259 e. The SMILES string of the molecule is C/C(=N/N1C(=O)CSC1=S)c1cccnc1. The highest BCUT2D eigenvalue weighted by Gasteiger charge is 2.26. The smallest absolute Gasteiger partial charge is 0.259 e. The molecule has 1 amide bonds. The molecule has 6 heteroatoms. The Morgan fingerprint density at radius 3 is 3.06 bits per heavy atom. The molecule has 0 aliphatic carbocycles. The minimum Gasteiger partial charge on any atom is -0.272 e. The van der Waals surface area contributed by atoms with Gasteiger partial charge < -0.3 is 0 Å². The Balaban J connectivity index is 2.25. The summed E-state index contributed by atoms with van der Waals surface area (Å²) in [6.45, 7) is 1.83. The van der Waals surface area contributed by atoms with E-state index in [0.717, 1.165) is 11.3 Å². The number of hydrogen-bond acceptors (Lipinski definition) is 5. The molecule has 0 aromatic carbocycles. The van der Waals surface area contributed by atoms with Crippen LogP contribution in [0, 0.1) is 0 Å². The number of nitrogens with zero attached hydrogens (tertiary/aromatic N) is 3. The van der Waals surface area contributed by atoms with Crippen molar-refractivity contribution in [1.29, 1.82) is 0 Å². The summed E-state index contributed by atoms with van der Waals surface area (Å²) >= 11 is 6.37. The molecule has 4 nitrogen and oxygen atoms in total. The second-order valence-corrected chi connectivity index (χ2v) is 4.80. The van der Waals surface area contributed by atoms with Crippen LogP contribution in [0.4, 0.5) is 0 Å². The van der Waals surface area contributed by atoms with Crippen LogP contribution in [0.3, 0.4) is 0 Å². The van der Waals surface area contributed by atoms with Crippen molar-refractivity contribution in [3.05, 3.63) is 30.1 Å². The quantitative estimate of drug-likeness (QED) is 0.592. The Labute approximate surface area is 103 Å². The van der Waals surface area contributed by atoms with Crippen molar-refractivity contribution in [2.75, 3.05) is 5.75 Å². The molecule has 0 unspecified atom stereocenters. The van der Waals surface area contributed by atoms with E-state index < -0.39 is 0 Å². The van der Waals surface area contributed by atoms with Gasteiger partial charge in [0.05, 0.1) is 11.5 Å². The largest absolute Gasteiger partial charge is 0.272 e. The highest BCUT2D eigenvalue weighted by atomic mass is 32.2. The summed E-state index contributed by atoms with van der Waals surface area (Å²) in [4.78, 5) is 15.4. The Bertz CT molecular complexity index is 442. The van der Waals surface area contributed by atoms with Gasteiger partial charge in [-0.15, -0.1) is 0 Å². The van der Waals surface area contributed by atoms with Gasteiger partial charge in [-0.25, -0.2) is 0 Å². The molecule has 0 N–H and O–H groups in total. The minimum atomic E-state index is -0.0711. The lowest BCUT2D eigenvalue weighted by Crippen LogP contribution is -2.24. The molecule has 1 aromatic heterocycles. The van der Waals surface area contributed by atoms with Gasteiger partial charge in [-0.2, -0.15) is 10.1 Å². The third kappa shape index (κ3) is 2.28. The van der Waals surface area contributed by atoms with Crippen LogP contribution in [-0.2, 0) is 4.79 Å². The zero-order chi connectivity index (χ0) is 11.5. The van der Waals surface area contributed by atoms with Crippen LogP contribution in [0.1, 0.15) is 12.5 Å². The molecule has 0 spiro atoms. The van der Waals surface area contributed by atoms with E-state index in [0.29, 0.717) is 10.1 Å². The summed E-state index contributed by atoms with van der Waals surface area (Å²) in [7, 11) is 0. The Hall–Kier alpha value is -1.27. The van der Waals surface area contributed by atoms with Crippen LogP contribution in [0.2, 0.25) is 0 Å². The van der Waals surface area contributed by atoms with Crippen LogP contribution in [0.5, 0.6) is 0 Å². The normalized spacial score (nSPS) is 17.1. The Morgan fingerprint density at radius 1 is 1.69 bits per heavy atom. The first-order chi connectivity index (χ1) is 7.68. The molecule has 1 fully saturated rings. The van der Waals surface area contributed by atoms with Crippen molar-refractivity contribution >= 4 is 39.9 Å². The van der Waals surface area contributed by atoms with Gasteiger partial charge >= 0.3 is 0 Å². The lowest BCUT2D eigenvalue weighted by atomic mass is 10.2. The molecule has 0 bridgehead atoms. The Morgan fingerprint density at radius 2 is 2.50 bits per heavy atom. The average Bonchev–Trinajstić information content (AvgIpc) is 2.62. The molecule has 1 aliphatic heterocycles. The van der Waals surface area contributed by atoms with E-state index in [2.05, 4.69) is 10.1 Å². The average molecular weight is 251 g/mol. The second-order valence-electron chi connectivity index (χ2n) is 3.19. The van der Waals surface area contributed by atoms with Crippen molar-refractivity contribution in [1.82, 2.24) is 9.99 Å². The predicted octanol–water partition coefficient (Wildman–Crippen LogP) is 1.67. The lowest BCUT2D eigenvalue weighted by molar-refractivity contribution is -0.124. The highest BCUT2D eigenvalue weighted by molar-refractivity contribution is 8.23. The zero-order valence-corrected chi connectivity index (χ0v) is 10.2. The van der Waals surface area contributed by atoms with E-state index in [1.807, 2.05) is 19.1 Å². The second kappa shape index (κ2) is 4.71. The van der Waals surface area contributed by atoms with Gasteiger partial charge in [0, 0.05) is 18.0 Å². The van der Waals surface area contributed by atoms with Crippen LogP contribution in [0.15, 0.2) is 29.6 Å². The first-order valence-electron chi connectivity index (χ1n) is 4.64. The maximum atomic E-state index is 11.4. The third-order valence-electron chi connectivity index (χ3n) is 2.06. The van der Waals surface area contributed by atoms with Gasteiger partial charge in [0.2, 0.25) is 0 Å². The lowest BCUT2D eigenvalue weighted by Gasteiger charge is -2.09. The number of hydrogen-bond donors (Lipinski definition) is 0. The van der Waals surface area contributed by atoms with Gasteiger partial charge in [0.1, 0.15) is 0 Å². The summed E-state index contributed by atoms with van der Waals surface area (Å²) in [6.07, 6.45) is 3.40. The van der Waals surface area contributed by atoms with E-state index >= 15 is 0 Å². The minimum absolute atomic E-state index is 0.0711. The Kier molecular flexibility index (Phi) is 3.31. The summed E-state index contributed by atoms with van der Waals surface area (Å²) in [5.74, 6) is 0.307. The highest BCUT2D eigenvalue weighted by Crippen LogP contribution is 2.20. The molecule has 0 atom stereocenters. The number of carbonyl (C=O) groups is 1. The van der Waals surface area contributed by atoms with Crippen molar-refractivity contribution < 1.29 is 4.79 Å². The van der Waals surface area contributed by atoms with Crippen LogP contribution >= 0.6 is 24.0 Å². The predicted molar refractivity (Wildman–Crippen MR) is 68.4 cm³/mol. The van der Waals surface area contributed by atoms with Gasteiger partial charge in [-0.1, -0.05) is 30.0 Å². The molecular formula is C10H9N3OS2. The number of amides is 1. The first-order valence-corrected chi connectivity index (χ1v) is 6.03. The van der Waals surface area contributed by atoms with Crippen molar-refractivity contribution in [2.45, 2.75) is 6.92 Å².